The maximum Gasteiger partial charge on any atom is 0.216 e. The first-order chi connectivity index (χ1) is 8.66. The molecule has 4 nitrogen and oxygen atoms in total. The van der Waals surface area contributed by atoms with E-state index in [-0.39, 0.29) is 5.91 Å². The van der Waals surface area contributed by atoms with Crippen LogP contribution in [0.3, 0.4) is 0 Å². The second-order valence-corrected chi connectivity index (χ2v) is 4.84. The van der Waals surface area contributed by atoms with Crippen molar-refractivity contribution in [1.82, 2.24) is 10.6 Å². The zero-order valence-corrected chi connectivity index (χ0v) is 10.8. The number of nitrogen functional groups attached to an aromatic ring is 1. The lowest BCUT2D eigenvalue weighted by atomic mass is 9.87. The summed E-state index contributed by atoms with van der Waals surface area (Å²) in [6.07, 6.45) is 3.48. The van der Waals surface area contributed by atoms with Gasteiger partial charge in [-0.3, -0.25) is 4.79 Å². The van der Waals surface area contributed by atoms with E-state index in [1.807, 2.05) is 6.07 Å². The summed E-state index contributed by atoms with van der Waals surface area (Å²) in [6, 6.07) is 6.54. The Morgan fingerprint density at radius 2 is 2.28 bits per heavy atom. The third kappa shape index (κ3) is 3.23. The van der Waals surface area contributed by atoms with Gasteiger partial charge in [-0.25, -0.2) is 0 Å². The lowest BCUT2D eigenvalue weighted by molar-refractivity contribution is -0.118. The molecule has 0 bridgehead atoms. The van der Waals surface area contributed by atoms with E-state index in [2.05, 4.69) is 22.8 Å². The van der Waals surface area contributed by atoms with Gasteiger partial charge in [0.2, 0.25) is 5.91 Å². The molecular formula is C14H21N3O. The molecule has 0 saturated heterocycles. The molecule has 1 atom stereocenters. The van der Waals surface area contributed by atoms with Crippen molar-refractivity contribution in [1.29, 1.82) is 0 Å². The Morgan fingerprint density at radius 1 is 1.44 bits per heavy atom. The van der Waals surface area contributed by atoms with Crippen molar-refractivity contribution in [3.05, 3.63) is 29.3 Å². The fraction of sp³-hybridized carbons (Fsp3) is 0.500. The molecule has 1 aliphatic carbocycles. The molecular weight excluding hydrogens is 226 g/mol. The first-order valence-electron chi connectivity index (χ1n) is 6.53. The van der Waals surface area contributed by atoms with Crippen molar-refractivity contribution in [3.63, 3.8) is 0 Å². The molecule has 0 fully saturated rings. The van der Waals surface area contributed by atoms with Crippen molar-refractivity contribution in [2.45, 2.75) is 32.2 Å². The van der Waals surface area contributed by atoms with E-state index < -0.39 is 0 Å². The van der Waals surface area contributed by atoms with Gasteiger partial charge in [0, 0.05) is 31.7 Å². The third-order valence-electron chi connectivity index (χ3n) is 3.37. The van der Waals surface area contributed by atoms with Crippen LogP contribution in [0.5, 0.6) is 0 Å². The van der Waals surface area contributed by atoms with Crippen LogP contribution in [-0.4, -0.2) is 19.0 Å². The fourth-order valence-electron chi connectivity index (χ4n) is 2.51. The minimum absolute atomic E-state index is 0.0186. The van der Waals surface area contributed by atoms with Gasteiger partial charge in [-0.2, -0.15) is 0 Å². The van der Waals surface area contributed by atoms with Crippen LogP contribution < -0.4 is 16.4 Å². The SMILES string of the molecule is CC(=O)NCCNC1CCCc2ccc(N)cc21. The molecule has 1 aromatic rings. The van der Waals surface area contributed by atoms with E-state index in [9.17, 15) is 4.79 Å². The van der Waals surface area contributed by atoms with Crippen LogP contribution in [0.2, 0.25) is 0 Å². The monoisotopic (exact) mass is 247 g/mol. The van der Waals surface area contributed by atoms with E-state index >= 15 is 0 Å². The van der Waals surface area contributed by atoms with Crippen LogP contribution >= 0.6 is 0 Å². The van der Waals surface area contributed by atoms with Gasteiger partial charge in [0.05, 0.1) is 0 Å². The number of nitrogens with one attached hydrogen (secondary N) is 2. The highest BCUT2D eigenvalue weighted by Crippen LogP contribution is 2.30. The van der Waals surface area contributed by atoms with Crippen LogP contribution in [0.15, 0.2) is 18.2 Å². The quantitative estimate of drug-likeness (QED) is 0.556. The first-order valence-corrected chi connectivity index (χ1v) is 6.53. The summed E-state index contributed by atoms with van der Waals surface area (Å²) in [5.74, 6) is 0.0186. The van der Waals surface area contributed by atoms with Gasteiger partial charge < -0.3 is 16.4 Å². The van der Waals surface area contributed by atoms with Crippen molar-refractivity contribution in [2.24, 2.45) is 0 Å². The predicted molar refractivity (Wildman–Crippen MR) is 73.2 cm³/mol. The molecule has 1 unspecified atom stereocenters. The Balaban J connectivity index is 1.95. The van der Waals surface area contributed by atoms with E-state index in [4.69, 9.17) is 5.73 Å². The lowest BCUT2D eigenvalue weighted by Gasteiger charge is -2.27. The van der Waals surface area contributed by atoms with Crippen LogP contribution in [0.25, 0.3) is 0 Å². The summed E-state index contributed by atoms with van der Waals surface area (Å²) >= 11 is 0. The topological polar surface area (TPSA) is 67.2 Å². The van der Waals surface area contributed by atoms with Gasteiger partial charge in [-0.1, -0.05) is 6.07 Å². The molecule has 0 aliphatic heterocycles. The highest BCUT2D eigenvalue weighted by molar-refractivity contribution is 5.72. The number of hydrogen-bond acceptors (Lipinski definition) is 3. The molecule has 98 valence electrons. The minimum atomic E-state index is 0.0186. The minimum Gasteiger partial charge on any atom is -0.399 e. The average molecular weight is 247 g/mol. The number of carbonyl (C=O) groups excluding carboxylic acids is 1. The van der Waals surface area contributed by atoms with E-state index in [0.29, 0.717) is 12.6 Å². The first kappa shape index (κ1) is 12.9. The largest absolute Gasteiger partial charge is 0.399 e. The van der Waals surface area contributed by atoms with Crippen molar-refractivity contribution in [3.8, 4) is 0 Å². The number of hydrogen-bond donors (Lipinski definition) is 3. The normalized spacial score (nSPS) is 18.2. The zero-order valence-electron chi connectivity index (χ0n) is 10.8. The Labute approximate surface area is 108 Å². The lowest BCUT2D eigenvalue weighted by Crippen LogP contribution is -2.33. The third-order valence-corrected chi connectivity index (χ3v) is 3.37. The number of fused-ring (bicyclic) bond motifs is 1. The van der Waals surface area contributed by atoms with E-state index in [1.165, 1.54) is 24.5 Å². The number of aryl methyl sites for hydroxylation is 1. The number of rotatable bonds is 4. The maximum absolute atomic E-state index is 10.8. The summed E-state index contributed by atoms with van der Waals surface area (Å²) in [4.78, 5) is 10.8. The van der Waals surface area contributed by atoms with Crippen LogP contribution in [0.4, 0.5) is 5.69 Å². The molecule has 0 aromatic heterocycles. The van der Waals surface area contributed by atoms with Crippen LogP contribution in [-0.2, 0) is 11.2 Å². The Kier molecular flexibility index (Phi) is 4.20. The summed E-state index contributed by atoms with van der Waals surface area (Å²) in [5, 5.41) is 6.28. The Morgan fingerprint density at radius 3 is 3.06 bits per heavy atom. The number of carbonyl (C=O) groups is 1. The Bertz CT molecular complexity index is 431. The standard InChI is InChI=1S/C14H21N3O/c1-10(18)16-7-8-17-14-4-2-3-11-5-6-12(15)9-13(11)14/h5-6,9,14,17H,2-4,7-8,15H2,1H3,(H,16,18). The summed E-state index contributed by atoms with van der Waals surface area (Å²) in [7, 11) is 0. The number of nitrogens with two attached hydrogens (primary N) is 1. The average Bonchev–Trinajstić information content (AvgIpc) is 2.34. The number of amides is 1. The van der Waals surface area contributed by atoms with Crippen LogP contribution in [0, 0.1) is 0 Å². The molecule has 1 amide bonds. The highest BCUT2D eigenvalue weighted by Gasteiger charge is 2.19. The van der Waals surface area contributed by atoms with Gasteiger partial charge in [-0.05, 0) is 42.5 Å². The molecule has 4 N–H and O–H groups in total. The van der Waals surface area contributed by atoms with Gasteiger partial charge in [0.1, 0.15) is 0 Å². The van der Waals surface area contributed by atoms with Crippen LogP contribution in [0.1, 0.15) is 36.9 Å². The van der Waals surface area contributed by atoms with Gasteiger partial charge in [0.25, 0.3) is 0 Å². The van der Waals surface area contributed by atoms with Crippen molar-refractivity contribution >= 4 is 11.6 Å². The molecule has 0 radical (unpaired) electrons. The van der Waals surface area contributed by atoms with E-state index in [0.717, 1.165) is 25.1 Å². The molecule has 2 rings (SSSR count). The van der Waals surface area contributed by atoms with Gasteiger partial charge in [-0.15, -0.1) is 0 Å². The maximum atomic E-state index is 10.8. The molecule has 0 heterocycles. The summed E-state index contributed by atoms with van der Waals surface area (Å²) in [6.45, 7) is 3.00. The highest BCUT2D eigenvalue weighted by atomic mass is 16.1. The summed E-state index contributed by atoms with van der Waals surface area (Å²) < 4.78 is 0. The van der Waals surface area contributed by atoms with Crippen molar-refractivity contribution < 1.29 is 4.79 Å². The second-order valence-electron chi connectivity index (χ2n) is 4.84. The number of benzene rings is 1. The van der Waals surface area contributed by atoms with Gasteiger partial charge in [0.15, 0.2) is 0 Å². The van der Waals surface area contributed by atoms with E-state index in [1.54, 1.807) is 0 Å². The molecule has 4 heteroatoms. The Hall–Kier alpha value is -1.55. The molecule has 0 saturated carbocycles. The smallest absolute Gasteiger partial charge is 0.216 e. The summed E-state index contributed by atoms with van der Waals surface area (Å²) in [5.41, 5.74) is 9.40. The molecule has 0 spiro atoms. The molecule has 1 aliphatic rings. The zero-order chi connectivity index (χ0) is 13.0. The predicted octanol–water partition coefficient (Wildman–Crippen LogP) is 1.37. The fourth-order valence-corrected chi connectivity index (χ4v) is 2.51. The molecule has 1 aromatic carbocycles. The van der Waals surface area contributed by atoms with Crippen molar-refractivity contribution in [2.75, 3.05) is 18.8 Å². The molecule has 18 heavy (non-hydrogen) atoms. The van der Waals surface area contributed by atoms with Gasteiger partial charge >= 0.3 is 0 Å². The number of anilines is 1. The second kappa shape index (κ2) is 5.87.